The molecule has 0 spiro atoms. The highest BCUT2D eigenvalue weighted by Crippen LogP contribution is 2.28. The van der Waals surface area contributed by atoms with Crippen molar-refractivity contribution in [1.82, 2.24) is 25.5 Å². The summed E-state index contributed by atoms with van der Waals surface area (Å²) in [7, 11) is 0. The number of aryl methyl sites for hydroxylation is 1. The fourth-order valence-corrected chi connectivity index (χ4v) is 3.02. The number of alkyl halides is 3. The molecule has 3 rings (SSSR count). The van der Waals surface area contributed by atoms with Crippen molar-refractivity contribution in [3.63, 3.8) is 0 Å². The summed E-state index contributed by atoms with van der Waals surface area (Å²) in [6, 6.07) is 4.48. The molecule has 0 aliphatic carbocycles. The van der Waals surface area contributed by atoms with Crippen molar-refractivity contribution in [2.75, 3.05) is 11.9 Å². The van der Waals surface area contributed by atoms with Crippen molar-refractivity contribution in [1.29, 1.82) is 0 Å². The molecular formula is C17H14F3N7O4S. The SMILES string of the molecule is Cc1ncc(CSc2nnc(-c3ccc([N+](=O)[O-])cc3)o2)c(NC(=O)NCC(F)(F)F)n1. The molecule has 0 saturated carbocycles. The van der Waals surface area contributed by atoms with Crippen LogP contribution in [0.3, 0.4) is 0 Å². The molecule has 2 heterocycles. The number of thioether (sulfide) groups is 1. The first-order valence-electron chi connectivity index (χ1n) is 8.76. The second kappa shape index (κ2) is 9.59. The summed E-state index contributed by atoms with van der Waals surface area (Å²) in [4.78, 5) is 30.0. The highest BCUT2D eigenvalue weighted by atomic mass is 32.2. The highest BCUT2D eigenvalue weighted by molar-refractivity contribution is 7.98. The average Bonchev–Trinajstić information content (AvgIpc) is 3.20. The summed E-state index contributed by atoms with van der Waals surface area (Å²) in [5, 5.41) is 22.6. The summed E-state index contributed by atoms with van der Waals surface area (Å²) in [6.45, 7) is 0.0740. The first-order valence-corrected chi connectivity index (χ1v) is 9.74. The van der Waals surface area contributed by atoms with Crippen LogP contribution in [0.4, 0.5) is 29.5 Å². The monoisotopic (exact) mass is 469 g/mol. The number of nitrogens with one attached hydrogen (secondary N) is 2. The van der Waals surface area contributed by atoms with Crippen molar-refractivity contribution in [2.45, 2.75) is 24.1 Å². The Morgan fingerprint density at radius 3 is 2.62 bits per heavy atom. The van der Waals surface area contributed by atoms with Crippen molar-refractivity contribution in [2.24, 2.45) is 0 Å². The lowest BCUT2D eigenvalue weighted by Gasteiger charge is -2.12. The molecule has 2 amide bonds. The Bertz CT molecular complexity index is 1120. The molecule has 0 bridgehead atoms. The maximum absolute atomic E-state index is 12.3. The second-order valence-corrected chi connectivity index (χ2v) is 7.11. The van der Waals surface area contributed by atoms with E-state index in [1.54, 1.807) is 12.2 Å². The fraction of sp³-hybridized carbons (Fsp3) is 0.235. The van der Waals surface area contributed by atoms with Crippen molar-refractivity contribution < 1.29 is 27.3 Å². The number of halogens is 3. The van der Waals surface area contributed by atoms with Gasteiger partial charge in [0.1, 0.15) is 18.2 Å². The minimum Gasteiger partial charge on any atom is -0.411 e. The molecule has 0 aliphatic heterocycles. The summed E-state index contributed by atoms with van der Waals surface area (Å²) < 4.78 is 42.3. The standard InChI is InChI=1S/C17H14F3N7O4S/c1-9-21-6-11(13(23-9)24-15(28)22-8-17(18,19)20)7-32-16-26-25-14(31-16)10-2-4-12(5-3-10)27(29)30/h2-6H,7-8H2,1H3,(H2,21,22,23,24,28). The van der Waals surface area contributed by atoms with E-state index in [9.17, 15) is 28.1 Å². The number of hydrogen-bond donors (Lipinski definition) is 2. The van der Waals surface area contributed by atoms with Gasteiger partial charge >= 0.3 is 12.2 Å². The van der Waals surface area contributed by atoms with Gasteiger partial charge in [0.15, 0.2) is 0 Å². The van der Waals surface area contributed by atoms with E-state index in [4.69, 9.17) is 4.42 Å². The van der Waals surface area contributed by atoms with E-state index in [2.05, 4.69) is 25.5 Å². The Hall–Kier alpha value is -3.75. The number of nitro groups is 1. The molecule has 3 aromatic rings. The molecule has 0 saturated heterocycles. The van der Waals surface area contributed by atoms with E-state index in [1.807, 2.05) is 0 Å². The number of amides is 2. The third kappa shape index (κ3) is 6.37. The van der Waals surface area contributed by atoms with Crippen LogP contribution in [-0.2, 0) is 5.75 Å². The topological polar surface area (TPSA) is 149 Å². The van der Waals surface area contributed by atoms with Crippen LogP contribution in [0.1, 0.15) is 11.4 Å². The van der Waals surface area contributed by atoms with Crippen LogP contribution in [0.15, 0.2) is 40.1 Å². The van der Waals surface area contributed by atoms with Crippen LogP contribution in [-0.4, -0.2) is 43.8 Å². The largest absolute Gasteiger partial charge is 0.411 e. The average molecular weight is 469 g/mol. The van der Waals surface area contributed by atoms with Gasteiger partial charge in [0.25, 0.3) is 10.9 Å². The lowest BCUT2D eigenvalue weighted by molar-refractivity contribution is -0.384. The van der Waals surface area contributed by atoms with Crippen LogP contribution < -0.4 is 10.6 Å². The molecule has 0 atom stereocenters. The number of non-ortho nitro benzene ring substituents is 1. The number of benzene rings is 1. The Morgan fingerprint density at radius 2 is 1.97 bits per heavy atom. The first-order chi connectivity index (χ1) is 15.1. The minimum atomic E-state index is -4.54. The second-order valence-electron chi connectivity index (χ2n) is 6.18. The molecule has 2 aromatic heterocycles. The Labute approximate surface area is 182 Å². The highest BCUT2D eigenvalue weighted by Gasteiger charge is 2.28. The molecule has 0 unspecified atom stereocenters. The van der Waals surface area contributed by atoms with Gasteiger partial charge in [0.2, 0.25) is 5.89 Å². The summed E-state index contributed by atoms with van der Waals surface area (Å²) >= 11 is 1.08. The molecule has 0 fully saturated rings. The number of urea groups is 1. The smallest absolute Gasteiger partial charge is 0.405 e. The Morgan fingerprint density at radius 1 is 1.25 bits per heavy atom. The van der Waals surface area contributed by atoms with Gasteiger partial charge in [-0.05, 0) is 19.1 Å². The van der Waals surface area contributed by atoms with Gasteiger partial charge in [-0.3, -0.25) is 15.4 Å². The molecule has 0 radical (unpaired) electrons. The molecular weight excluding hydrogens is 455 g/mol. The zero-order valence-electron chi connectivity index (χ0n) is 16.2. The third-order valence-corrected chi connectivity index (χ3v) is 4.62. The van der Waals surface area contributed by atoms with Crippen molar-refractivity contribution >= 4 is 29.3 Å². The van der Waals surface area contributed by atoms with Gasteiger partial charge in [0.05, 0.1) is 4.92 Å². The lowest BCUT2D eigenvalue weighted by Crippen LogP contribution is -2.37. The van der Waals surface area contributed by atoms with Crippen LogP contribution >= 0.6 is 11.8 Å². The number of hydrogen-bond acceptors (Lipinski definition) is 9. The van der Waals surface area contributed by atoms with Crippen molar-refractivity contribution in [3.05, 3.63) is 52.0 Å². The maximum Gasteiger partial charge on any atom is 0.405 e. The first kappa shape index (κ1) is 22.9. The minimum absolute atomic E-state index is 0.0415. The number of nitrogens with zero attached hydrogens (tertiary/aromatic N) is 5. The van der Waals surface area contributed by atoms with Crippen LogP contribution in [0.2, 0.25) is 0 Å². The Kier molecular flexibility index (Phi) is 6.87. The molecule has 0 aliphatic rings. The summed E-state index contributed by atoms with van der Waals surface area (Å²) in [6.07, 6.45) is -3.13. The van der Waals surface area contributed by atoms with Crippen molar-refractivity contribution in [3.8, 4) is 11.5 Å². The Balaban J connectivity index is 1.66. The zero-order valence-corrected chi connectivity index (χ0v) is 17.0. The van der Waals surface area contributed by atoms with Gasteiger partial charge in [-0.2, -0.15) is 13.2 Å². The van der Waals surface area contributed by atoms with Crippen LogP contribution in [0.25, 0.3) is 11.5 Å². The van der Waals surface area contributed by atoms with Gasteiger partial charge < -0.3 is 9.73 Å². The van der Waals surface area contributed by atoms with E-state index in [0.29, 0.717) is 17.0 Å². The van der Waals surface area contributed by atoms with E-state index in [0.717, 1.165) is 11.8 Å². The van der Waals surface area contributed by atoms with Crippen LogP contribution in [0, 0.1) is 17.0 Å². The van der Waals surface area contributed by atoms with Gasteiger partial charge in [-0.25, -0.2) is 14.8 Å². The maximum atomic E-state index is 12.3. The van der Waals surface area contributed by atoms with Crippen LogP contribution in [0.5, 0.6) is 0 Å². The normalized spacial score (nSPS) is 11.2. The summed E-state index contributed by atoms with van der Waals surface area (Å²) in [5.74, 6) is 0.659. The van der Waals surface area contributed by atoms with E-state index in [1.165, 1.54) is 30.5 Å². The zero-order chi connectivity index (χ0) is 23.3. The van der Waals surface area contributed by atoms with Gasteiger partial charge in [-0.1, -0.05) is 11.8 Å². The number of carbonyl (C=O) groups excluding carboxylic acids is 1. The molecule has 2 N–H and O–H groups in total. The molecule has 15 heteroatoms. The number of rotatable bonds is 7. The number of carbonyl (C=O) groups is 1. The molecule has 11 nitrogen and oxygen atoms in total. The molecule has 168 valence electrons. The predicted molar refractivity (Wildman–Crippen MR) is 106 cm³/mol. The van der Waals surface area contributed by atoms with Gasteiger partial charge in [0, 0.05) is 35.2 Å². The predicted octanol–water partition coefficient (Wildman–Crippen LogP) is 3.72. The van der Waals surface area contributed by atoms with Gasteiger partial charge in [-0.15, -0.1) is 10.2 Å². The molecule has 1 aromatic carbocycles. The van der Waals surface area contributed by atoms with E-state index in [-0.39, 0.29) is 28.4 Å². The quantitative estimate of drug-likeness (QED) is 0.300. The van der Waals surface area contributed by atoms with E-state index >= 15 is 0 Å². The number of anilines is 1. The lowest BCUT2D eigenvalue weighted by atomic mass is 10.2. The fourth-order valence-electron chi connectivity index (χ4n) is 2.29. The van der Waals surface area contributed by atoms with E-state index < -0.39 is 23.7 Å². The number of aromatic nitrogens is 4. The molecule has 32 heavy (non-hydrogen) atoms. The third-order valence-electron chi connectivity index (χ3n) is 3.75. The number of nitro benzene ring substituents is 1. The summed E-state index contributed by atoms with van der Waals surface area (Å²) in [5.41, 5.74) is 0.816.